The number of aromatic nitrogens is 2. The Balaban J connectivity index is 1.63. The second-order valence-electron chi connectivity index (χ2n) is 4.70. The SMILES string of the molecule is COc1ccc(C(C)NCc2cn3ccsc3n2)cc1. The van der Waals surface area contributed by atoms with Gasteiger partial charge in [-0.15, -0.1) is 11.3 Å². The average molecular weight is 287 g/mol. The summed E-state index contributed by atoms with van der Waals surface area (Å²) in [5, 5.41) is 5.53. The van der Waals surface area contributed by atoms with Crippen LogP contribution in [-0.2, 0) is 6.54 Å². The minimum atomic E-state index is 0.278. The molecular formula is C15H17N3OS. The number of benzene rings is 1. The quantitative estimate of drug-likeness (QED) is 0.783. The predicted octanol–water partition coefficient (Wildman–Crippen LogP) is 3.26. The predicted molar refractivity (Wildman–Crippen MR) is 81.3 cm³/mol. The van der Waals surface area contributed by atoms with Crippen molar-refractivity contribution < 1.29 is 4.74 Å². The first-order chi connectivity index (χ1) is 9.76. The van der Waals surface area contributed by atoms with Crippen LogP contribution in [0.5, 0.6) is 5.75 Å². The Morgan fingerprint density at radius 2 is 2.15 bits per heavy atom. The molecule has 0 aliphatic carbocycles. The van der Waals surface area contributed by atoms with Crippen LogP contribution < -0.4 is 10.1 Å². The van der Waals surface area contributed by atoms with Crippen molar-refractivity contribution in [1.29, 1.82) is 0 Å². The fourth-order valence-corrected chi connectivity index (χ4v) is 2.85. The molecule has 1 N–H and O–H groups in total. The number of nitrogens with zero attached hydrogens (tertiary/aromatic N) is 2. The number of thiazole rings is 1. The molecule has 5 heteroatoms. The monoisotopic (exact) mass is 287 g/mol. The van der Waals surface area contributed by atoms with Gasteiger partial charge in [-0.25, -0.2) is 4.98 Å². The molecule has 3 aromatic rings. The third-order valence-corrected chi connectivity index (χ3v) is 4.12. The lowest BCUT2D eigenvalue weighted by Gasteiger charge is -2.13. The smallest absolute Gasteiger partial charge is 0.193 e. The Kier molecular flexibility index (Phi) is 3.71. The zero-order chi connectivity index (χ0) is 13.9. The van der Waals surface area contributed by atoms with E-state index in [1.807, 2.05) is 23.7 Å². The van der Waals surface area contributed by atoms with Crippen molar-refractivity contribution in [3.05, 3.63) is 53.3 Å². The van der Waals surface area contributed by atoms with Crippen molar-refractivity contribution in [2.45, 2.75) is 19.5 Å². The molecule has 2 heterocycles. The van der Waals surface area contributed by atoms with Crippen molar-refractivity contribution in [2.75, 3.05) is 7.11 Å². The van der Waals surface area contributed by atoms with Gasteiger partial charge in [0, 0.05) is 30.4 Å². The van der Waals surface area contributed by atoms with Crippen molar-refractivity contribution in [2.24, 2.45) is 0 Å². The Morgan fingerprint density at radius 3 is 2.85 bits per heavy atom. The molecule has 20 heavy (non-hydrogen) atoms. The Bertz CT molecular complexity index is 658. The standard InChI is InChI=1S/C15H17N3OS/c1-11(12-3-5-14(19-2)6-4-12)16-9-13-10-18-7-8-20-15(18)17-13/h3-8,10-11,16H,9H2,1-2H3. The Hall–Kier alpha value is -1.85. The largest absolute Gasteiger partial charge is 0.497 e. The first-order valence-corrected chi connectivity index (χ1v) is 7.42. The van der Waals surface area contributed by atoms with Crippen molar-refractivity contribution in [3.63, 3.8) is 0 Å². The van der Waals surface area contributed by atoms with Crippen LogP contribution in [0.2, 0.25) is 0 Å². The lowest BCUT2D eigenvalue weighted by atomic mass is 10.1. The fourth-order valence-electron chi connectivity index (χ4n) is 2.13. The summed E-state index contributed by atoms with van der Waals surface area (Å²) in [5.74, 6) is 0.885. The second-order valence-corrected chi connectivity index (χ2v) is 5.57. The molecule has 1 atom stereocenters. The molecular weight excluding hydrogens is 270 g/mol. The topological polar surface area (TPSA) is 38.6 Å². The van der Waals surface area contributed by atoms with Gasteiger partial charge >= 0.3 is 0 Å². The van der Waals surface area contributed by atoms with Crippen LogP contribution in [0.4, 0.5) is 0 Å². The molecule has 104 valence electrons. The fraction of sp³-hybridized carbons (Fsp3) is 0.267. The van der Waals surface area contributed by atoms with Gasteiger partial charge in [0.1, 0.15) is 5.75 Å². The number of imidazole rings is 1. The minimum Gasteiger partial charge on any atom is -0.497 e. The van der Waals surface area contributed by atoms with Gasteiger partial charge in [-0.1, -0.05) is 12.1 Å². The van der Waals surface area contributed by atoms with E-state index >= 15 is 0 Å². The molecule has 0 saturated carbocycles. The van der Waals surface area contributed by atoms with E-state index in [-0.39, 0.29) is 6.04 Å². The molecule has 0 radical (unpaired) electrons. The average Bonchev–Trinajstić information content (AvgIpc) is 3.06. The number of rotatable bonds is 5. The van der Waals surface area contributed by atoms with Gasteiger partial charge < -0.3 is 10.1 Å². The maximum Gasteiger partial charge on any atom is 0.193 e. The summed E-state index contributed by atoms with van der Waals surface area (Å²) >= 11 is 1.65. The molecule has 4 nitrogen and oxygen atoms in total. The molecule has 0 amide bonds. The van der Waals surface area contributed by atoms with Crippen LogP contribution in [0.15, 0.2) is 42.0 Å². The lowest BCUT2D eigenvalue weighted by Crippen LogP contribution is -2.18. The van der Waals surface area contributed by atoms with Gasteiger partial charge in [0.25, 0.3) is 0 Å². The van der Waals surface area contributed by atoms with E-state index in [9.17, 15) is 0 Å². The van der Waals surface area contributed by atoms with Crippen LogP contribution in [-0.4, -0.2) is 16.5 Å². The lowest BCUT2D eigenvalue weighted by molar-refractivity contribution is 0.414. The summed E-state index contributed by atoms with van der Waals surface area (Å²) in [6, 6.07) is 8.42. The van der Waals surface area contributed by atoms with Crippen LogP contribution in [0.1, 0.15) is 24.2 Å². The van der Waals surface area contributed by atoms with Crippen molar-refractivity contribution in [1.82, 2.24) is 14.7 Å². The van der Waals surface area contributed by atoms with Crippen LogP contribution >= 0.6 is 11.3 Å². The molecule has 0 bridgehead atoms. The molecule has 1 aromatic carbocycles. The highest BCUT2D eigenvalue weighted by Gasteiger charge is 2.07. The number of hydrogen-bond donors (Lipinski definition) is 1. The van der Waals surface area contributed by atoms with E-state index in [0.29, 0.717) is 0 Å². The number of hydrogen-bond acceptors (Lipinski definition) is 4. The van der Waals surface area contributed by atoms with Crippen molar-refractivity contribution >= 4 is 16.3 Å². The van der Waals surface area contributed by atoms with Crippen molar-refractivity contribution in [3.8, 4) is 5.75 Å². The third-order valence-electron chi connectivity index (χ3n) is 3.35. The number of ether oxygens (including phenoxy) is 1. The molecule has 2 aromatic heterocycles. The van der Waals surface area contributed by atoms with Crippen LogP contribution in [0.25, 0.3) is 4.96 Å². The van der Waals surface area contributed by atoms with E-state index in [0.717, 1.165) is 22.9 Å². The van der Waals surface area contributed by atoms with E-state index in [4.69, 9.17) is 4.74 Å². The molecule has 0 aliphatic rings. The normalized spacial score (nSPS) is 12.7. The highest BCUT2D eigenvalue weighted by Crippen LogP contribution is 2.18. The molecule has 0 spiro atoms. The molecule has 0 aliphatic heterocycles. The molecule has 0 saturated heterocycles. The van der Waals surface area contributed by atoms with Gasteiger partial charge in [-0.05, 0) is 24.6 Å². The minimum absolute atomic E-state index is 0.278. The molecule has 1 unspecified atom stereocenters. The molecule has 3 rings (SSSR count). The summed E-state index contributed by atoms with van der Waals surface area (Å²) in [6.07, 6.45) is 4.10. The summed E-state index contributed by atoms with van der Waals surface area (Å²) in [6.45, 7) is 2.92. The highest BCUT2D eigenvalue weighted by molar-refractivity contribution is 7.15. The number of methoxy groups -OCH3 is 1. The summed E-state index contributed by atoms with van der Waals surface area (Å²) in [4.78, 5) is 5.61. The zero-order valence-electron chi connectivity index (χ0n) is 11.5. The van der Waals surface area contributed by atoms with Gasteiger partial charge in [0.2, 0.25) is 0 Å². The summed E-state index contributed by atoms with van der Waals surface area (Å²) < 4.78 is 7.23. The third kappa shape index (κ3) is 2.69. The van der Waals surface area contributed by atoms with Crippen LogP contribution in [0.3, 0.4) is 0 Å². The van der Waals surface area contributed by atoms with E-state index in [2.05, 4.69) is 40.0 Å². The molecule has 0 fully saturated rings. The Morgan fingerprint density at radius 1 is 1.35 bits per heavy atom. The van der Waals surface area contributed by atoms with E-state index < -0.39 is 0 Å². The maximum absolute atomic E-state index is 5.17. The number of fused-ring (bicyclic) bond motifs is 1. The summed E-state index contributed by atoms with van der Waals surface area (Å²) in [7, 11) is 1.68. The highest BCUT2D eigenvalue weighted by atomic mass is 32.1. The van der Waals surface area contributed by atoms with E-state index in [1.165, 1.54) is 5.56 Å². The first kappa shape index (κ1) is 13.1. The zero-order valence-corrected chi connectivity index (χ0v) is 12.4. The maximum atomic E-state index is 5.17. The Labute approximate surface area is 122 Å². The van der Waals surface area contributed by atoms with Gasteiger partial charge in [-0.3, -0.25) is 4.40 Å². The van der Waals surface area contributed by atoms with Gasteiger partial charge in [-0.2, -0.15) is 0 Å². The second kappa shape index (κ2) is 5.64. The summed E-state index contributed by atoms with van der Waals surface area (Å²) in [5.41, 5.74) is 2.31. The van der Waals surface area contributed by atoms with Gasteiger partial charge in [0.05, 0.1) is 12.8 Å². The van der Waals surface area contributed by atoms with Crippen LogP contribution in [0, 0.1) is 0 Å². The van der Waals surface area contributed by atoms with Gasteiger partial charge in [0.15, 0.2) is 4.96 Å². The van der Waals surface area contributed by atoms with E-state index in [1.54, 1.807) is 18.4 Å². The number of nitrogens with one attached hydrogen (secondary N) is 1. The first-order valence-electron chi connectivity index (χ1n) is 6.54.